The van der Waals surface area contributed by atoms with E-state index < -0.39 is 0 Å². The summed E-state index contributed by atoms with van der Waals surface area (Å²) in [6.45, 7) is 7.24. The minimum atomic E-state index is -0.209. The van der Waals surface area contributed by atoms with E-state index in [4.69, 9.17) is 14.2 Å². The van der Waals surface area contributed by atoms with Crippen LogP contribution in [0.3, 0.4) is 0 Å². The maximum atomic E-state index is 12.5. The Kier molecular flexibility index (Phi) is 7.36. The first-order chi connectivity index (χ1) is 14.1. The summed E-state index contributed by atoms with van der Waals surface area (Å²) in [5.41, 5.74) is 2.95. The van der Waals surface area contributed by atoms with Crippen LogP contribution in [0.4, 0.5) is 11.4 Å². The molecule has 0 radical (unpaired) electrons. The molecular weight excluding hydrogens is 368 g/mol. The van der Waals surface area contributed by atoms with Crippen LogP contribution < -0.4 is 19.7 Å². The van der Waals surface area contributed by atoms with Gasteiger partial charge in [-0.05, 0) is 42.2 Å². The van der Waals surface area contributed by atoms with Crippen molar-refractivity contribution in [2.45, 2.75) is 26.2 Å². The lowest BCUT2D eigenvalue weighted by Gasteiger charge is -2.30. The molecule has 0 bridgehead atoms. The number of amides is 1. The predicted octanol–water partition coefficient (Wildman–Crippen LogP) is 4.06. The Morgan fingerprint density at radius 3 is 2.48 bits per heavy atom. The van der Waals surface area contributed by atoms with Gasteiger partial charge in [-0.1, -0.05) is 26.0 Å². The second-order valence-corrected chi connectivity index (χ2v) is 7.20. The molecule has 2 aromatic carbocycles. The van der Waals surface area contributed by atoms with Gasteiger partial charge in [0.2, 0.25) is 0 Å². The molecule has 1 saturated heterocycles. The molecule has 0 saturated carbocycles. The zero-order valence-electron chi connectivity index (χ0n) is 17.4. The minimum Gasteiger partial charge on any atom is -0.497 e. The summed E-state index contributed by atoms with van der Waals surface area (Å²) >= 11 is 0. The molecule has 1 amide bonds. The Hall–Kier alpha value is -2.73. The van der Waals surface area contributed by atoms with E-state index in [2.05, 4.69) is 36.2 Å². The number of rotatable bonds is 8. The Balaban J connectivity index is 1.63. The van der Waals surface area contributed by atoms with E-state index in [0.717, 1.165) is 25.2 Å². The van der Waals surface area contributed by atoms with Crippen LogP contribution in [-0.4, -0.2) is 45.9 Å². The fourth-order valence-corrected chi connectivity index (χ4v) is 3.29. The highest BCUT2D eigenvalue weighted by Gasteiger charge is 2.17. The Labute approximate surface area is 172 Å². The van der Waals surface area contributed by atoms with E-state index in [1.54, 1.807) is 7.11 Å². The standard InChI is InChI=1S/C23H30N2O4/c1-4-17(2)18-5-7-19(8-6-18)29-16-23(26)24-21-15-20(27-3)9-10-22(21)25-11-13-28-14-12-25/h5-10,15,17H,4,11-14,16H2,1-3H3,(H,24,26)/t17-/m1/s1. The number of methoxy groups -OCH3 is 1. The van der Waals surface area contributed by atoms with Gasteiger partial charge in [-0.25, -0.2) is 0 Å². The molecule has 6 heteroatoms. The van der Waals surface area contributed by atoms with E-state index in [-0.39, 0.29) is 12.5 Å². The number of carbonyl (C=O) groups excluding carboxylic acids is 1. The number of carbonyl (C=O) groups is 1. The summed E-state index contributed by atoms with van der Waals surface area (Å²) in [5, 5.41) is 2.97. The lowest BCUT2D eigenvalue weighted by molar-refractivity contribution is -0.118. The highest BCUT2D eigenvalue weighted by Crippen LogP contribution is 2.31. The molecule has 0 aromatic heterocycles. The van der Waals surface area contributed by atoms with Crippen molar-refractivity contribution in [1.82, 2.24) is 0 Å². The van der Waals surface area contributed by atoms with Crippen molar-refractivity contribution in [3.8, 4) is 11.5 Å². The van der Waals surface area contributed by atoms with Gasteiger partial charge in [0.05, 0.1) is 31.7 Å². The van der Waals surface area contributed by atoms with Gasteiger partial charge in [0.1, 0.15) is 11.5 Å². The average Bonchev–Trinajstić information content (AvgIpc) is 2.78. The quantitative estimate of drug-likeness (QED) is 0.727. The van der Waals surface area contributed by atoms with Crippen LogP contribution in [0.5, 0.6) is 11.5 Å². The van der Waals surface area contributed by atoms with Crippen LogP contribution in [0, 0.1) is 0 Å². The van der Waals surface area contributed by atoms with Gasteiger partial charge in [-0.2, -0.15) is 0 Å². The van der Waals surface area contributed by atoms with Gasteiger partial charge in [0.15, 0.2) is 6.61 Å². The summed E-state index contributed by atoms with van der Waals surface area (Å²) in [7, 11) is 1.61. The van der Waals surface area contributed by atoms with Gasteiger partial charge < -0.3 is 24.4 Å². The van der Waals surface area contributed by atoms with Crippen LogP contribution >= 0.6 is 0 Å². The summed E-state index contributed by atoms with van der Waals surface area (Å²) in [6, 6.07) is 13.6. The molecule has 0 spiro atoms. The van der Waals surface area contributed by atoms with E-state index in [9.17, 15) is 4.79 Å². The molecule has 29 heavy (non-hydrogen) atoms. The predicted molar refractivity (Wildman–Crippen MR) is 115 cm³/mol. The van der Waals surface area contributed by atoms with Crippen molar-refractivity contribution in [3.63, 3.8) is 0 Å². The first-order valence-electron chi connectivity index (χ1n) is 10.1. The van der Waals surface area contributed by atoms with E-state index in [1.165, 1.54) is 5.56 Å². The monoisotopic (exact) mass is 398 g/mol. The van der Waals surface area contributed by atoms with Gasteiger partial charge in [-0.3, -0.25) is 4.79 Å². The number of morpholine rings is 1. The lowest BCUT2D eigenvalue weighted by atomic mass is 9.99. The average molecular weight is 399 g/mol. The third-order valence-corrected chi connectivity index (χ3v) is 5.26. The third-order valence-electron chi connectivity index (χ3n) is 5.26. The van der Waals surface area contributed by atoms with Gasteiger partial charge in [0, 0.05) is 19.2 Å². The second kappa shape index (κ2) is 10.2. The Morgan fingerprint density at radius 2 is 1.83 bits per heavy atom. The van der Waals surface area contributed by atoms with Crippen LogP contribution in [-0.2, 0) is 9.53 Å². The van der Waals surface area contributed by atoms with Crippen LogP contribution in [0.1, 0.15) is 31.7 Å². The van der Waals surface area contributed by atoms with Crippen molar-refractivity contribution >= 4 is 17.3 Å². The number of benzene rings is 2. The smallest absolute Gasteiger partial charge is 0.262 e. The van der Waals surface area contributed by atoms with E-state index in [0.29, 0.717) is 36.3 Å². The molecule has 6 nitrogen and oxygen atoms in total. The topological polar surface area (TPSA) is 60.0 Å². The molecule has 1 aliphatic rings. The number of hydrogen-bond acceptors (Lipinski definition) is 5. The van der Waals surface area contributed by atoms with Crippen LogP contribution in [0.2, 0.25) is 0 Å². The zero-order chi connectivity index (χ0) is 20.6. The molecule has 1 aliphatic heterocycles. The van der Waals surface area contributed by atoms with E-state index in [1.807, 2.05) is 30.3 Å². The molecular formula is C23H30N2O4. The van der Waals surface area contributed by atoms with Crippen molar-refractivity contribution in [1.29, 1.82) is 0 Å². The number of ether oxygens (including phenoxy) is 3. The van der Waals surface area contributed by atoms with Crippen molar-refractivity contribution in [2.75, 3.05) is 50.2 Å². The van der Waals surface area contributed by atoms with Crippen LogP contribution in [0.25, 0.3) is 0 Å². The Morgan fingerprint density at radius 1 is 1.14 bits per heavy atom. The maximum absolute atomic E-state index is 12.5. The molecule has 0 unspecified atom stereocenters. The van der Waals surface area contributed by atoms with Crippen molar-refractivity contribution < 1.29 is 19.0 Å². The highest BCUT2D eigenvalue weighted by molar-refractivity contribution is 5.95. The summed E-state index contributed by atoms with van der Waals surface area (Å²) < 4.78 is 16.4. The summed E-state index contributed by atoms with van der Waals surface area (Å²) in [5.74, 6) is 1.68. The molecule has 3 rings (SSSR count). The maximum Gasteiger partial charge on any atom is 0.262 e. The van der Waals surface area contributed by atoms with Crippen molar-refractivity contribution in [2.24, 2.45) is 0 Å². The van der Waals surface area contributed by atoms with E-state index >= 15 is 0 Å². The molecule has 156 valence electrons. The number of nitrogens with one attached hydrogen (secondary N) is 1. The number of nitrogens with zero attached hydrogens (tertiary/aromatic N) is 1. The minimum absolute atomic E-state index is 0.0531. The molecule has 1 heterocycles. The van der Waals surface area contributed by atoms with Gasteiger partial charge in [-0.15, -0.1) is 0 Å². The largest absolute Gasteiger partial charge is 0.497 e. The fourth-order valence-electron chi connectivity index (χ4n) is 3.29. The molecule has 1 N–H and O–H groups in total. The zero-order valence-corrected chi connectivity index (χ0v) is 17.4. The first kappa shape index (κ1) is 21.0. The fraction of sp³-hybridized carbons (Fsp3) is 0.435. The highest BCUT2D eigenvalue weighted by atomic mass is 16.5. The normalized spacial score (nSPS) is 14.9. The first-order valence-corrected chi connectivity index (χ1v) is 10.1. The van der Waals surface area contributed by atoms with Crippen molar-refractivity contribution in [3.05, 3.63) is 48.0 Å². The second-order valence-electron chi connectivity index (χ2n) is 7.20. The number of anilines is 2. The van der Waals surface area contributed by atoms with Gasteiger partial charge in [0.25, 0.3) is 5.91 Å². The molecule has 2 aromatic rings. The SMILES string of the molecule is CC[C@@H](C)c1ccc(OCC(=O)Nc2cc(OC)ccc2N2CCOCC2)cc1. The van der Waals surface area contributed by atoms with Crippen LogP contribution in [0.15, 0.2) is 42.5 Å². The number of hydrogen-bond donors (Lipinski definition) is 1. The Bertz CT molecular complexity index is 801. The molecule has 0 aliphatic carbocycles. The third kappa shape index (κ3) is 5.64. The molecule has 1 fully saturated rings. The molecule has 1 atom stereocenters. The van der Waals surface area contributed by atoms with Gasteiger partial charge >= 0.3 is 0 Å². The summed E-state index contributed by atoms with van der Waals surface area (Å²) in [4.78, 5) is 14.7. The lowest BCUT2D eigenvalue weighted by Crippen LogP contribution is -2.37. The summed E-state index contributed by atoms with van der Waals surface area (Å²) in [6.07, 6.45) is 1.09.